The number of pyridine rings is 2. The van der Waals surface area contributed by atoms with Crippen molar-refractivity contribution in [1.29, 1.82) is 0 Å². The fourth-order valence-electron chi connectivity index (χ4n) is 3.36. The van der Waals surface area contributed by atoms with Crippen LogP contribution in [0.1, 0.15) is 29.2 Å². The van der Waals surface area contributed by atoms with Crippen LogP contribution in [0.15, 0.2) is 39.9 Å². The lowest BCUT2D eigenvalue weighted by Crippen LogP contribution is -2.31. The second-order valence-electron chi connectivity index (χ2n) is 6.30. The topological polar surface area (TPSA) is 101 Å². The van der Waals surface area contributed by atoms with Crippen molar-refractivity contribution in [2.24, 2.45) is 0 Å². The van der Waals surface area contributed by atoms with Crippen molar-refractivity contribution in [2.45, 2.75) is 19.3 Å². The minimum atomic E-state index is -0.661. The van der Waals surface area contributed by atoms with Crippen molar-refractivity contribution in [3.63, 3.8) is 0 Å². The number of H-pyrrole nitrogens is 2. The van der Waals surface area contributed by atoms with Gasteiger partial charge in [0.2, 0.25) is 0 Å². The first-order chi connectivity index (χ1) is 12.5. The molecule has 1 atom stereocenters. The van der Waals surface area contributed by atoms with Gasteiger partial charge in [-0.3, -0.25) is 14.4 Å². The molecule has 1 aliphatic heterocycles. The van der Waals surface area contributed by atoms with Gasteiger partial charge in [-0.25, -0.2) is 0 Å². The molecule has 0 aliphatic carbocycles. The quantitative estimate of drug-likeness (QED) is 0.687. The van der Waals surface area contributed by atoms with E-state index in [4.69, 9.17) is 9.47 Å². The van der Waals surface area contributed by atoms with Crippen LogP contribution in [-0.2, 0) is 4.79 Å². The molecule has 1 aliphatic rings. The van der Waals surface area contributed by atoms with Crippen LogP contribution in [0.4, 0.5) is 0 Å². The van der Waals surface area contributed by atoms with Crippen molar-refractivity contribution < 1.29 is 14.3 Å². The Morgan fingerprint density at radius 1 is 1.08 bits per heavy atom. The molecule has 3 heterocycles. The average molecular weight is 352 g/mol. The molecule has 0 amide bonds. The number of benzene rings is 1. The van der Waals surface area contributed by atoms with E-state index in [1.54, 1.807) is 38.3 Å². The molecule has 0 saturated carbocycles. The number of methoxy groups -OCH3 is 1. The normalized spacial score (nSPS) is 16.2. The maximum absolute atomic E-state index is 12.7. The molecule has 0 fully saturated rings. The number of carbonyl (C=O) groups excluding carboxylic acids is 1. The van der Waals surface area contributed by atoms with Gasteiger partial charge in [0.05, 0.1) is 24.6 Å². The van der Waals surface area contributed by atoms with Crippen LogP contribution in [0.2, 0.25) is 0 Å². The van der Waals surface area contributed by atoms with Crippen LogP contribution in [0, 0.1) is 6.92 Å². The van der Waals surface area contributed by atoms with E-state index in [0.717, 1.165) is 5.39 Å². The Morgan fingerprint density at radius 2 is 1.88 bits per heavy atom. The van der Waals surface area contributed by atoms with Gasteiger partial charge in [0.1, 0.15) is 11.5 Å². The third kappa shape index (κ3) is 2.57. The van der Waals surface area contributed by atoms with E-state index >= 15 is 0 Å². The van der Waals surface area contributed by atoms with Crippen molar-refractivity contribution >= 4 is 16.9 Å². The standard InChI is InChI=1S/C19H16N2O5/c1-9-5-15-17(19(24)20-9)12(8-16(22)26-15)13-6-10-3-4-11(25-2)7-14(10)21-18(13)23/h3-7,12H,8H2,1-2H3,(H,20,24)(H,21,23)/t12-/m1/s1. The van der Waals surface area contributed by atoms with E-state index in [0.29, 0.717) is 28.1 Å². The summed E-state index contributed by atoms with van der Waals surface area (Å²) in [7, 11) is 1.55. The first-order valence-electron chi connectivity index (χ1n) is 8.11. The average Bonchev–Trinajstić information content (AvgIpc) is 2.59. The Kier molecular flexibility index (Phi) is 3.64. The molecule has 7 heteroatoms. The summed E-state index contributed by atoms with van der Waals surface area (Å²) in [4.78, 5) is 42.7. The molecule has 0 unspecified atom stereocenters. The van der Waals surface area contributed by atoms with E-state index in [1.807, 2.05) is 6.07 Å². The maximum atomic E-state index is 12.7. The summed E-state index contributed by atoms with van der Waals surface area (Å²) in [6.07, 6.45) is -0.0656. The lowest BCUT2D eigenvalue weighted by molar-refractivity contribution is -0.135. The van der Waals surface area contributed by atoms with Crippen molar-refractivity contribution in [3.8, 4) is 11.5 Å². The number of aromatic amines is 2. The molecule has 2 N–H and O–H groups in total. The minimum absolute atomic E-state index is 0.0656. The number of aromatic nitrogens is 2. The molecule has 1 aromatic carbocycles. The van der Waals surface area contributed by atoms with Crippen LogP contribution in [0.5, 0.6) is 11.5 Å². The number of carbonyl (C=O) groups is 1. The molecule has 4 rings (SSSR count). The zero-order valence-corrected chi connectivity index (χ0v) is 14.2. The summed E-state index contributed by atoms with van der Waals surface area (Å²) in [5, 5.41) is 0.782. The molecular formula is C19H16N2O5. The Hall–Kier alpha value is -3.35. The molecule has 2 aromatic heterocycles. The van der Waals surface area contributed by atoms with Crippen LogP contribution in [0.3, 0.4) is 0 Å². The number of hydrogen-bond acceptors (Lipinski definition) is 5. The summed E-state index contributed by atoms with van der Waals surface area (Å²) >= 11 is 0. The monoisotopic (exact) mass is 352 g/mol. The number of rotatable bonds is 2. The zero-order chi connectivity index (χ0) is 18.4. The summed E-state index contributed by atoms with van der Waals surface area (Å²) in [5.41, 5.74) is 1.16. The Bertz CT molecular complexity index is 1160. The number of esters is 1. The molecule has 0 saturated heterocycles. The van der Waals surface area contributed by atoms with Gasteiger partial charge in [-0.05, 0) is 30.5 Å². The summed E-state index contributed by atoms with van der Waals surface area (Å²) in [5.74, 6) is -0.297. The predicted octanol–water partition coefficient (Wildman–Crippen LogP) is 1.97. The number of hydrogen-bond donors (Lipinski definition) is 2. The van der Waals surface area contributed by atoms with Gasteiger partial charge in [0.15, 0.2) is 0 Å². The van der Waals surface area contributed by atoms with Gasteiger partial charge in [-0.2, -0.15) is 0 Å². The van der Waals surface area contributed by atoms with E-state index in [9.17, 15) is 14.4 Å². The fraction of sp³-hybridized carbons (Fsp3) is 0.211. The highest BCUT2D eigenvalue weighted by molar-refractivity contribution is 5.82. The van der Waals surface area contributed by atoms with Gasteiger partial charge in [-0.1, -0.05) is 0 Å². The smallest absolute Gasteiger partial charge is 0.312 e. The zero-order valence-electron chi connectivity index (χ0n) is 14.2. The van der Waals surface area contributed by atoms with E-state index < -0.39 is 11.9 Å². The van der Waals surface area contributed by atoms with Gasteiger partial charge < -0.3 is 19.4 Å². The van der Waals surface area contributed by atoms with Gasteiger partial charge >= 0.3 is 5.97 Å². The Morgan fingerprint density at radius 3 is 2.65 bits per heavy atom. The second kappa shape index (κ2) is 5.87. The van der Waals surface area contributed by atoms with Crippen LogP contribution >= 0.6 is 0 Å². The first kappa shape index (κ1) is 16.1. The molecule has 3 aromatic rings. The molecule has 0 bridgehead atoms. The predicted molar refractivity (Wildman–Crippen MR) is 95.0 cm³/mol. The molecular weight excluding hydrogens is 336 g/mol. The highest BCUT2D eigenvalue weighted by Crippen LogP contribution is 2.36. The Labute approximate surface area is 147 Å². The van der Waals surface area contributed by atoms with Crippen molar-refractivity contribution in [3.05, 3.63) is 67.9 Å². The van der Waals surface area contributed by atoms with Crippen LogP contribution < -0.4 is 20.6 Å². The third-order valence-corrected chi connectivity index (χ3v) is 4.57. The van der Waals surface area contributed by atoms with Crippen LogP contribution in [0.25, 0.3) is 10.9 Å². The number of nitrogens with one attached hydrogen (secondary N) is 2. The molecule has 132 valence electrons. The highest BCUT2D eigenvalue weighted by Gasteiger charge is 2.33. The second-order valence-corrected chi connectivity index (χ2v) is 6.30. The number of fused-ring (bicyclic) bond motifs is 2. The van der Waals surface area contributed by atoms with E-state index in [2.05, 4.69) is 9.97 Å². The fourth-order valence-corrected chi connectivity index (χ4v) is 3.36. The molecule has 7 nitrogen and oxygen atoms in total. The minimum Gasteiger partial charge on any atom is -0.497 e. The van der Waals surface area contributed by atoms with Crippen LogP contribution in [-0.4, -0.2) is 23.0 Å². The number of aryl methyl sites for hydroxylation is 1. The van der Waals surface area contributed by atoms with Gasteiger partial charge in [0, 0.05) is 29.3 Å². The first-order valence-corrected chi connectivity index (χ1v) is 8.11. The lowest BCUT2D eigenvalue weighted by Gasteiger charge is -2.23. The van der Waals surface area contributed by atoms with E-state index in [1.165, 1.54) is 0 Å². The van der Waals surface area contributed by atoms with Gasteiger partial charge in [-0.15, -0.1) is 0 Å². The Balaban J connectivity index is 1.94. The highest BCUT2D eigenvalue weighted by atomic mass is 16.5. The molecule has 26 heavy (non-hydrogen) atoms. The van der Waals surface area contributed by atoms with E-state index in [-0.39, 0.29) is 23.3 Å². The number of ether oxygens (including phenoxy) is 2. The summed E-state index contributed by atoms with van der Waals surface area (Å²) in [6.45, 7) is 1.70. The third-order valence-electron chi connectivity index (χ3n) is 4.57. The molecule has 0 radical (unpaired) electrons. The van der Waals surface area contributed by atoms with Crippen molar-refractivity contribution in [2.75, 3.05) is 7.11 Å². The largest absolute Gasteiger partial charge is 0.497 e. The summed E-state index contributed by atoms with van der Waals surface area (Å²) in [6, 6.07) is 8.62. The van der Waals surface area contributed by atoms with Gasteiger partial charge in [0.25, 0.3) is 11.1 Å². The lowest BCUT2D eigenvalue weighted by atomic mass is 9.87. The summed E-state index contributed by atoms with van der Waals surface area (Å²) < 4.78 is 10.4. The molecule has 0 spiro atoms. The maximum Gasteiger partial charge on any atom is 0.312 e. The van der Waals surface area contributed by atoms with Crippen molar-refractivity contribution in [1.82, 2.24) is 9.97 Å². The SMILES string of the molecule is COc1ccc2cc([C@H]3CC(=O)Oc4cc(C)[nH]c(=O)c43)c(=O)[nH]c2c1.